The van der Waals surface area contributed by atoms with E-state index in [1.54, 1.807) is 18.4 Å². The minimum atomic E-state index is 0.144. The van der Waals surface area contributed by atoms with Crippen molar-refractivity contribution in [3.63, 3.8) is 0 Å². The summed E-state index contributed by atoms with van der Waals surface area (Å²) in [4.78, 5) is 18.4. The van der Waals surface area contributed by atoms with Crippen molar-refractivity contribution >= 4 is 40.6 Å². The monoisotopic (exact) mass is 491 g/mol. The van der Waals surface area contributed by atoms with Gasteiger partial charge in [-0.25, -0.2) is 0 Å². The molecule has 1 saturated heterocycles. The summed E-state index contributed by atoms with van der Waals surface area (Å²) < 4.78 is 8.10. The fourth-order valence-corrected chi connectivity index (χ4v) is 5.70. The molecule has 7 nitrogen and oxygen atoms in total. The first-order valence-corrected chi connectivity index (χ1v) is 12.7. The number of hydrogen-bond donors (Lipinski definition) is 0. The van der Waals surface area contributed by atoms with Crippen molar-refractivity contribution in [2.45, 2.75) is 25.2 Å². The molecule has 1 aliphatic heterocycles. The van der Waals surface area contributed by atoms with Crippen LogP contribution in [0.1, 0.15) is 11.8 Å². The zero-order valence-electron chi connectivity index (χ0n) is 18.2. The molecule has 2 aromatic heterocycles. The van der Waals surface area contributed by atoms with Gasteiger partial charge in [-0.3, -0.25) is 9.69 Å². The molecule has 1 aromatic carbocycles. The molecule has 170 valence electrons. The lowest BCUT2D eigenvalue weighted by atomic mass is 10.2. The minimum Gasteiger partial charge on any atom is -0.497 e. The number of thiophene rings is 1. The largest absolute Gasteiger partial charge is 0.497 e. The number of hydrogen-bond acceptors (Lipinski definition) is 7. The summed E-state index contributed by atoms with van der Waals surface area (Å²) in [7, 11) is 1.65. The first-order chi connectivity index (χ1) is 15.6. The van der Waals surface area contributed by atoms with Crippen molar-refractivity contribution in [3.05, 3.63) is 45.6 Å². The number of benzene rings is 1. The summed E-state index contributed by atoms with van der Waals surface area (Å²) in [5.41, 5.74) is 0.974. The highest BCUT2D eigenvalue weighted by atomic mass is 35.5. The molecule has 3 heterocycles. The normalized spacial score (nSPS) is 14.7. The fraction of sp³-hybridized carbons (Fsp3) is 0.409. The molecule has 3 aromatic rings. The number of aromatic nitrogens is 3. The van der Waals surface area contributed by atoms with Crippen LogP contribution in [0.3, 0.4) is 0 Å². The summed E-state index contributed by atoms with van der Waals surface area (Å²) in [6.07, 6.45) is 0. The van der Waals surface area contributed by atoms with Gasteiger partial charge in [-0.15, -0.1) is 21.5 Å². The number of piperazine rings is 1. The first kappa shape index (κ1) is 23.1. The number of amides is 1. The van der Waals surface area contributed by atoms with Gasteiger partial charge in [0.2, 0.25) is 5.91 Å². The predicted octanol–water partition coefficient (Wildman–Crippen LogP) is 4.13. The predicted molar refractivity (Wildman–Crippen MR) is 130 cm³/mol. The number of rotatable bonds is 8. The Morgan fingerprint density at radius 1 is 1.12 bits per heavy atom. The highest BCUT2D eigenvalue weighted by molar-refractivity contribution is 7.99. The SMILES string of the molecule is CCn1c(SCC(=O)N2CCN(Cc3ccc(Cl)s3)CC2)nnc1-c1ccc(OC)cc1. The Kier molecular flexibility index (Phi) is 7.72. The summed E-state index contributed by atoms with van der Waals surface area (Å²) in [5, 5.41) is 9.47. The van der Waals surface area contributed by atoms with Gasteiger partial charge in [0.15, 0.2) is 11.0 Å². The second kappa shape index (κ2) is 10.7. The molecule has 0 bridgehead atoms. The summed E-state index contributed by atoms with van der Waals surface area (Å²) in [6.45, 7) is 6.92. The molecule has 4 rings (SSSR count). The van der Waals surface area contributed by atoms with Crippen LogP contribution in [-0.4, -0.2) is 69.5 Å². The number of ether oxygens (including phenoxy) is 1. The van der Waals surface area contributed by atoms with Crippen LogP contribution in [0.15, 0.2) is 41.6 Å². The number of carbonyl (C=O) groups is 1. The van der Waals surface area contributed by atoms with Crippen LogP contribution in [0.5, 0.6) is 5.75 Å². The fourth-order valence-electron chi connectivity index (χ4n) is 3.66. The topological polar surface area (TPSA) is 63.5 Å². The van der Waals surface area contributed by atoms with E-state index in [2.05, 4.69) is 28.1 Å². The van der Waals surface area contributed by atoms with Crippen LogP contribution in [0, 0.1) is 0 Å². The first-order valence-electron chi connectivity index (χ1n) is 10.5. The molecule has 10 heteroatoms. The molecule has 0 aliphatic carbocycles. The number of halogens is 1. The lowest BCUT2D eigenvalue weighted by molar-refractivity contribution is -0.130. The van der Waals surface area contributed by atoms with E-state index in [9.17, 15) is 4.79 Å². The molecule has 0 spiro atoms. The number of carbonyl (C=O) groups excluding carboxylic acids is 1. The Labute approximate surface area is 201 Å². The maximum absolute atomic E-state index is 12.8. The molecule has 1 amide bonds. The Bertz CT molecular complexity index is 1050. The minimum absolute atomic E-state index is 0.144. The van der Waals surface area contributed by atoms with Gasteiger partial charge in [0.05, 0.1) is 17.2 Å². The van der Waals surface area contributed by atoms with E-state index in [1.165, 1.54) is 16.6 Å². The molecule has 0 unspecified atom stereocenters. The van der Waals surface area contributed by atoms with Crippen LogP contribution in [0.4, 0.5) is 0 Å². The van der Waals surface area contributed by atoms with Gasteiger partial charge in [0.25, 0.3) is 0 Å². The average Bonchev–Trinajstić information content (AvgIpc) is 3.43. The van der Waals surface area contributed by atoms with E-state index < -0.39 is 0 Å². The maximum atomic E-state index is 12.8. The molecule has 0 radical (unpaired) electrons. The van der Waals surface area contributed by atoms with E-state index in [-0.39, 0.29) is 5.91 Å². The summed E-state index contributed by atoms with van der Waals surface area (Å²) >= 11 is 9.09. The molecule has 0 atom stereocenters. The Hall–Kier alpha value is -2.07. The molecule has 0 saturated carbocycles. The van der Waals surface area contributed by atoms with Gasteiger partial charge >= 0.3 is 0 Å². The lowest BCUT2D eigenvalue weighted by Crippen LogP contribution is -2.48. The van der Waals surface area contributed by atoms with E-state index in [0.717, 1.165) is 65.9 Å². The standard InChI is InChI=1S/C22H26ClN5O2S2/c1-3-28-21(16-4-6-17(30-2)7-5-16)24-25-22(28)31-15-20(29)27-12-10-26(11-13-27)14-18-8-9-19(23)32-18/h4-9H,3,10-15H2,1-2H3. The lowest BCUT2D eigenvalue weighted by Gasteiger charge is -2.34. The zero-order chi connectivity index (χ0) is 22.5. The van der Waals surface area contributed by atoms with E-state index in [1.807, 2.05) is 39.8 Å². The Balaban J connectivity index is 1.30. The van der Waals surface area contributed by atoms with Gasteiger partial charge in [0.1, 0.15) is 5.75 Å². The maximum Gasteiger partial charge on any atom is 0.233 e. The molecular weight excluding hydrogens is 466 g/mol. The Morgan fingerprint density at radius 3 is 2.50 bits per heavy atom. The molecular formula is C22H26ClN5O2S2. The van der Waals surface area contributed by atoms with Crippen molar-refractivity contribution < 1.29 is 9.53 Å². The molecule has 0 N–H and O–H groups in total. The van der Waals surface area contributed by atoms with Crippen molar-refractivity contribution in [2.75, 3.05) is 39.0 Å². The van der Waals surface area contributed by atoms with Gasteiger partial charge in [-0.1, -0.05) is 23.4 Å². The van der Waals surface area contributed by atoms with Crippen molar-refractivity contribution in [3.8, 4) is 17.1 Å². The molecule has 1 fully saturated rings. The van der Waals surface area contributed by atoms with Crippen LogP contribution in [0.2, 0.25) is 4.34 Å². The second-order valence-electron chi connectivity index (χ2n) is 7.43. The third kappa shape index (κ3) is 5.46. The van der Waals surface area contributed by atoms with Crippen molar-refractivity contribution in [2.24, 2.45) is 0 Å². The number of methoxy groups -OCH3 is 1. The van der Waals surface area contributed by atoms with Crippen LogP contribution < -0.4 is 4.74 Å². The highest BCUT2D eigenvalue weighted by Crippen LogP contribution is 2.26. The summed E-state index contributed by atoms with van der Waals surface area (Å²) in [5.74, 6) is 2.11. The van der Waals surface area contributed by atoms with Gasteiger partial charge < -0.3 is 14.2 Å². The highest BCUT2D eigenvalue weighted by Gasteiger charge is 2.22. The van der Waals surface area contributed by atoms with Crippen LogP contribution in [0.25, 0.3) is 11.4 Å². The van der Waals surface area contributed by atoms with Gasteiger partial charge in [-0.05, 0) is 43.3 Å². The third-order valence-electron chi connectivity index (χ3n) is 5.44. The smallest absolute Gasteiger partial charge is 0.233 e. The van der Waals surface area contributed by atoms with Crippen LogP contribution in [-0.2, 0) is 17.9 Å². The zero-order valence-corrected chi connectivity index (χ0v) is 20.5. The van der Waals surface area contributed by atoms with E-state index in [0.29, 0.717) is 5.75 Å². The van der Waals surface area contributed by atoms with Gasteiger partial charge in [0, 0.05) is 49.7 Å². The van der Waals surface area contributed by atoms with E-state index in [4.69, 9.17) is 16.3 Å². The second-order valence-corrected chi connectivity index (χ2v) is 10.2. The molecule has 1 aliphatic rings. The van der Waals surface area contributed by atoms with E-state index >= 15 is 0 Å². The molecule has 32 heavy (non-hydrogen) atoms. The number of nitrogens with zero attached hydrogens (tertiary/aromatic N) is 5. The quantitative estimate of drug-likeness (QED) is 0.441. The van der Waals surface area contributed by atoms with Crippen molar-refractivity contribution in [1.29, 1.82) is 0 Å². The van der Waals surface area contributed by atoms with Gasteiger partial charge in [-0.2, -0.15) is 0 Å². The Morgan fingerprint density at radius 2 is 1.88 bits per heavy atom. The van der Waals surface area contributed by atoms with Crippen molar-refractivity contribution in [1.82, 2.24) is 24.6 Å². The summed E-state index contributed by atoms with van der Waals surface area (Å²) in [6, 6.07) is 11.8. The third-order valence-corrected chi connectivity index (χ3v) is 7.61. The number of thioether (sulfide) groups is 1. The average molecular weight is 492 g/mol. The van der Waals surface area contributed by atoms with Crippen LogP contribution >= 0.6 is 34.7 Å².